The molecule has 0 radical (unpaired) electrons. The molecule has 1 N–H and O–H groups in total. The molecule has 0 aromatic carbocycles. The zero-order chi connectivity index (χ0) is 12.4. The van der Waals surface area contributed by atoms with Crippen molar-refractivity contribution in [1.82, 2.24) is 4.90 Å². The van der Waals surface area contributed by atoms with Crippen molar-refractivity contribution < 1.29 is 9.90 Å². The van der Waals surface area contributed by atoms with Crippen LogP contribution in [-0.4, -0.2) is 35.1 Å². The number of rotatable bonds is 5. The van der Waals surface area contributed by atoms with Crippen LogP contribution in [0.4, 0.5) is 0 Å². The average molecular weight is 253 g/mol. The number of likely N-dealkylation sites (N-methyl/N-ethyl adjacent to an activating group) is 1. The Balaban J connectivity index is 1.91. The summed E-state index contributed by atoms with van der Waals surface area (Å²) in [5.41, 5.74) is 0. The molecule has 3 nitrogen and oxygen atoms in total. The molecular formula is C13H19NO2S. The Kier molecular flexibility index (Phi) is 3.84. The molecule has 3 unspecified atom stereocenters. The zero-order valence-electron chi connectivity index (χ0n) is 10.3. The van der Waals surface area contributed by atoms with Crippen LogP contribution in [0.15, 0.2) is 17.5 Å². The van der Waals surface area contributed by atoms with Crippen molar-refractivity contribution in [3.63, 3.8) is 0 Å². The lowest BCUT2D eigenvalue weighted by Crippen LogP contribution is -2.52. The largest absolute Gasteiger partial charge is 0.481 e. The van der Waals surface area contributed by atoms with Crippen molar-refractivity contribution in [2.75, 3.05) is 7.05 Å². The third-order valence-corrected chi connectivity index (χ3v) is 4.75. The van der Waals surface area contributed by atoms with E-state index in [0.717, 1.165) is 19.3 Å². The Morgan fingerprint density at radius 2 is 2.41 bits per heavy atom. The topological polar surface area (TPSA) is 40.5 Å². The van der Waals surface area contributed by atoms with Crippen LogP contribution >= 0.6 is 11.3 Å². The first-order valence-electron chi connectivity index (χ1n) is 6.06. The maximum absolute atomic E-state index is 11.0. The number of hydrogen-bond acceptors (Lipinski definition) is 3. The summed E-state index contributed by atoms with van der Waals surface area (Å²) in [6.45, 7) is 2.18. The Labute approximate surface area is 106 Å². The van der Waals surface area contributed by atoms with Gasteiger partial charge in [-0.25, -0.2) is 0 Å². The van der Waals surface area contributed by atoms with Gasteiger partial charge in [0.1, 0.15) is 0 Å². The third-order valence-electron chi connectivity index (χ3n) is 3.85. The molecule has 1 aromatic heterocycles. The van der Waals surface area contributed by atoms with E-state index in [1.165, 1.54) is 4.88 Å². The molecule has 1 heterocycles. The van der Waals surface area contributed by atoms with E-state index in [9.17, 15) is 4.79 Å². The predicted molar refractivity (Wildman–Crippen MR) is 69.4 cm³/mol. The quantitative estimate of drug-likeness (QED) is 0.876. The SMILES string of the molecule is CC(Cc1cccs1)N(C)C1CCC1C(=O)O. The van der Waals surface area contributed by atoms with E-state index in [1.807, 2.05) is 0 Å². The normalized spacial score (nSPS) is 25.6. The van der Waals surface area contributed by atoms with Crippen LogP contribution in [0.3, 0.4) is 0 Å². The molecule has 1 fully saturated rings. The van der Waals surface area contributed by atoms with E-state index in [1.54, 1.807) is 11.3 Å². The fraction of sp³-hybridized carbons (Fsp3) is 0.615. The van der Waals surface area contributed by atoms with Crippen LogP contribution in [0.25, 0.3) is 0 Å². The smallest absolute Gasteiger partial charge is 0.308 e. The summed E-state index contributed by atoms with van der Waals surface area (Å²) in [4.78, 5) is 14.6. The molecule has 0 aliphatic heterocycles. The van der Waals surface area contributed by atoms with Crippen LogP contribution in [-0.2, 0) is 11.2 Å². The van der Waals surface area contributed by atoms with Crippen LogP contribution in [0.5, 0.6) is 0 Å². The lowest BCUT2D eigenvalue weighted by Gasteiger charge is -2.43. The summed E-state index contributed by atoms with van der Waals surface area (Å²) in [6.07, 6.45) is 2.86. The van der Waals surface area contributed by atoms with Gasteiger partial charge in [-0.3, -0.25) is 9.69 Å². The molecule has 0 amide bonds. The molecule has 94 valence electrons. The molecule has 1 aliphatic rings. The Morgan fingerprint density at radius 1 is 1.65 bits per heavy atom. The molecule has 0 saturated heterocycles. The zero-order valence-corrected chi connectivity index (χ0v) is 11.1. The molecule has 17 heavy (non-hydrogen) atoms. The minimum atomic E-state index is -0.642. The summed E-state index contributed by atoms with van der Waals surface area (Å²) < 4.78 is 0. The highest BCUT2D eigenvalue weighted by Gasteiger charge is 2.40. The predicted octanol–water partition coefficient (Wildman–Crippen LogP) is 2.47. The number of carboxylic acid groups (broad SMARTS) is 1. The second kappa shape index (κ2) is 5.19. The van der Waals surface area contributed by atoms with Gasteiger partial charge in [-0.1, -0.05) is 6.07 Å². The second-order valence-electron chi connectivity index (χ2n) is 4.89. The minimum absolute atomic E-state index is 0.161. The van der Waals surface area contributed by atoms with Gasteiger partial charge >= 0.3 is 5.97 Å². The summed E-state index contributed by atoms with van der Waals surface area (Å²) in [6, 6.07) is 4.84. The van der Waals surface area contributed by atoms with E-state index < -0.39 is 5.97 Å². The number of nitrogens with zero attached hydrogens (tertiary/aromatic N) is 1. The first-order valence-corrected chi connectivity index (χ1v) is 6.94. The van der Waals surface area contributed by atoms with Crippen LogP contribution < -0.4 is 0 Å². The average Bonchev–Trinajstić information content (AvgIpc) is 2.67. The lowest BCUT2D eigenvalue weighted by atomic mass is 9.78. The van der Waals surface area contributed by atoms with E-state index in [2.05, 4.69) is 36.4 Å². The number of aliphatic carboxylic acids is 1. The molecule has 1 aromatic rings. The highest BCUT2D eigenvalue weighted by atomic mass is 32.1. The Morgan fingerprint density at radius 3 is 2.88 bits per heavy atom. The number of thiophene rings is 1. The van der Waals surface area contributed by atoms with Crippen molar-refractivity contribution in [2.24, 2.45) is 5.92 Å². The van der Waals surface area contributed by atoms with Gasteiger partial charge in [0.2, 0.25) is 0 Å². The van der Waals surface area contributed by atoms with Gasteiger partial charge in [0.15, 0.2) is 0 Å². The maximum atomic E-state index is 11.0. The van der Waals surface area contributed by atoms with Crippen molar-refractivity contribution in [2.45, 2.75) is 38.3 Å². The summed E-state index contributed by atoms with van der Waals surface area (Å²) in [5.74, 6) is -0.804. The van der Waals surface area contributed by atoms with Gasteiger partial charge in [0.05, 0.1) is 5.92 Å². The van der Waals surface area contributed by atoms with E-state index in [0.29, 0.717) is 6.04 Å². The van der Waals surface area contributed by atoms with Gasteiger partial charge in [-0.15, -0.1) is 11.3 Å². The number of carboxylic acids is 1. The summed E-state index contributed by atoms with van der Waals surface area (Å²) in [5, 5.41) is 11.2. The van der Waals surface area contributed by atoms with Crippen molar-refractivity contribution in [1.29, 1.82) is 0 Å². The fourth-order valence-corrected chi connectivity index (χ4v) is 3.28. The number of carbonyl (C=O) groups is 1. The van der Waals surface area contributed by atoms with Gasteiger partial charge in [0, 0.05) is 17.0 Å². The monoisotopic (exact) mass is 253 g/mol. The van der Waals surface area contributed by atoms with Crippen molar-refractivity contribution in [3.8, 4) is 0 Å². The van der Waals surface area contributed by atoms with Crippen molar-refractivity contribution in [3.05, 3.63) is 22.4 Å². The molecule has 2 rings (SSSR count). The molecule has 1 saturated carbocycles. The lowest BCUT2D eigenvalue weighted by molar-refractivity contribution is -0.149. The van der Waals surface area contributed by atoms with Gasteiger partial charge in [-0.05, 0) is 44.7 Å². The summed E-state index contributed by atoms with van der Waals surface area (Å²) in [7, 11) is 2.05. The van der Waals surface area contributed by atoms with Crippen LogP contribution in [0.2, 0.25) is 0 Å². The third kappa shape index (κ3) is 2.69. The first-order chi connectivity index (χ1) is 8.09. The van der Waals surface area contributed by atoms with Crippen molar-refractivity contribution >= 4 is 17.3 Å². The van der Waals surface area contributed by atoms with E-state index in [-0.39, 0.29) is 12.0 Å². The summed E-state index contributed by atoms with van der Waals surface area (Å²) >= 11 is 1.77. The highest BCUT2D eigenvalue weighted by Crippen LogP contribution is 2.33. The molecule has 0 bridgehead atoms. The van der Waals surface area contributed by atoms with E-state index in [4.69, 9.17) is 5.11 Å². The molecule has 1 aliphatic carbocycles. The molecule has 3 atom stereocenters. The minimum Gasteiger partial charge on any atom is -0.481 e. The maximum Gasteiger partial charge on any atom is 0.308 e. The highest BCUT2D eigenvalue weighted by molar-refractivity contribution is 7.09. The molecule has 4 heteroatoms. The Bertz CT molecular complexity index is 377. The van der Waals surface area contributed by atoms with Gasteiger partial charge in [-0.2, -0.15) is 0 Å². The van der Waals surface area contributed by atoms with E-state index >= 15 is 0 Å². The fourth-order valence-electron chi connectivity index (χ4n) is 2.45. The van der Waals surface area contributed by atoms with Gasteiger partial charge in [0.25, 0.3) is 0 Å². The first kappa shape index (κ1) is 12.6. The molecular weight excluding hydrogens is 234 g/mol. The standard InChI is InChI=1S/C13H19NO2S/c1-9(8-10-4-3-7-17-10)14(2)12-6-5-11(12)13(15)16/h3-4,7,9,11-12H,5-6,8H2,1-2H3,(H,15,16). The van der Waals surface area contributed by atoms with Gasteiger partial charge < -0.3 is 5.11 Å². The van der Waals surface area contributed by atoms with Crippen LogP contribution in [0, 0.1) is 5.92 Å². The number of hydrogen-bond donors (Lipinski definition) is 1. The Hall–Kier alpha value is -0.870. The molecule has 0 spiro atoms. The second-order valence-corrected chi connectivity index (χ2v) is 5.92. The van der Waals surface area contributed by atoms with Crippen LogP contribution in [0.1, 0.15) is 24.6 Å².